The van der Waals surface area contributed by atoms with E-state index in [1.54, 1.807) is 13.8 Å². The predicted octanol–water partition coefficient (Wildman–Crippen LogP) is 1.12. The zero-order valence-electron chi connectivity index (χ0n) is 9.80. The molecule has 0 bridgehead atoms. The molecule has 8 heteroatoms. The molecule has 0 saturated carbocycles. The molecule has 0 unspecified atom stereocenters. The molecule has 0 spiro atoms. The summed E-state index contributed by atoms with van der Waals surface area (Å²) in [5.74, 6) is -2.41. The highest BCUT2D eigenvalue weighted by atomic mass is 32.1. The van der Waals surface area contributed by atoms with E-state index in [0.717, 1.165) is 11.3 Å². The number of carboxylic acids is 1. The summed E-state index contributed by atoms with van der Waals surface area (Å²) in [6.45, 7) is 3.35. The van der Waals surface area contributed by atoms with Crippen LogP contribution in [0.2, 0.25) is 0 Å². The van der Waals surface area contributed by atoms with E-state index in [9.17, 15) is 14.4 Å². The van der Waals surface area contributed by atoms with Gasteiger partial charge < -0.3 is 15.2 Å². The van der Waals surface area contributed by atoms with Crippen molar-refractivity contribution < 1.29 is 24.2 Å². The van der Waals surface area contributed by atoms with E-state index in [1.807, 2.05) is 0 Å². The van der Waals surface area contributed by atoms with E-state index in [-0.39, 0.29) is 16.9 Å². The van der Waals surface area contributed by atoms with E-state index in [4.69, 9.17) is 9.84 Å². The topological polar surface area (TPSA) is 106 Å². The van der Waals surface area contributed by atoms with Crippen molar-refractivity contribution in [3.63, 3.8) is 0 Å². The number of carbonyl (C=O) groups is 3. The highest BCUT2D eigenvalue weighted by molar-refractivity contribution is 7.14. The van der Waals surface area contributed by atoms with Crippen molar-refractivity contribution in [1.82, 2.24) is 4.98 Å². The number of aromatic nitrogens is 1. The van der Waals surface area contributed by atoms with Crippen LogP contribution in [0.5, 0.6) is 0 Å². The first-order valence-corrected chi connectivity index (χ1v) is 5.94. The molecule has 98 valence electrons. The highest BCUT2D eigenvalue weighted by Crippen LogP contribution is 2.15. The molecule has 7 nitrogen and oxygen atoms in total. The SMILES string of the molecule is CC(C)OC(=O)CC(=O)Nc1nc(C(=O)O)cs1. The number of nitrogens with one attached hydrogen (secondary N) is 1. The third-order valence-corrected chi connectivity index (χ3v) is 2.40. The zero-order valence-corrected chi connectivity index (χ0v) is 10.6. The molecule has 1 rings (SSSR count). The Kier molecular flexibility index (Phi) is 4.78. The Morgan fingerprint density at radius 2 is 2.17 bits per heavy atom. The van der Waals surface area contributed by atoms with E-state index in [0.29, 0.717) is 0 Å². The molecule has 18 heavy (non-hydrogen) atoms. The Hall–Kier alpha value is -1.96. The van der Waals surface area contributed by atoms with Gasteiger partial charge in [0.25, 0.3) is 0 Å². The van der Waals surface area contributed by atoms with Gasteiger partial charge in [0, 0.05) is 5.38 Å². The number of nitrogens with zero attached hydrogens (tertiary/aromatic N) is 1. The van der Waals surface area contributed by atoms with Gasteiger partial charge in [0.1, 0.15) is 6.42 Å². The van der Waals surface area contributed by atoms with Gasteiger partial charge in [-0.3, -0.25) is 9.59 Å². The molecule has 0 fully saturated rings. The summed E-state index contributed by atoms with van der Waals surface area (Å²) in [5.41, 5.74) is -0.153. The quantitative estimate of drug-likeness (QED) is 0.614. The van der Waals surface area contributed by atoms with E-state index in [1.165, 1.54) is 5.38 Å². The molecular weight excluding hydrogens is 260 g/mol. The van der Waals surface area contributed by atoms with Crippen LogP contribution < -0.4 is 5.32 Å². The van der Waals surface area contributed by atoms with Crippen molar-refractivity contribution in [3.8, 4) is 0 Å². The first kappa shape index (κ1) is 14.1. The monoisotopic (exact) mass is 272 g/mol. The van der Waals surface area contributed by atoms with Crippen LogP contribution in [0.25, 0.3) is 0 Å². The first-order chi connectivity index (χ1) is 8.38. The van der Waals surface area contributed by atoms with Crippen molar-refractivity contribution in [2.24, 2.45) is 0 Å². The maximum atomic E-state index is 11.4. The normalized spacial score (nSPS) is 10.2. The van der Waals surface area contributed by atoms with Gasteiger partial charge in [-0.15, -0.1) is 11.3 Å². The van der Waals surface area contributed by atoms with Crippen LogP contribution in [0.4, 0.5) is 5.13 Å². The second kappa shape index (κ2) is 6.10. The van der Waals surface area contributed by atoms with Crippen LogP contribution in [0.3, 0.4) is 0 Å². The Labute approximate surface area is 107 Å². The number of carboxylic acid groups (broad SMARTS) is 1. The minimum Gasteiger partial charge on any atom is -0.476 e. The second-order valence-electron chi connectivity index (χ2n) is 3.61. The standard InChI is InChI=1S/C10H12N2O5S/c1-5(2)17-8(14)3-7(13)12-10-11-6(4-18-10)9(15)16/h4-5H,3H2,1-2H3,(H,15,16)(H,11,12,13). The summed E-state index contributed by atoms with van der Waals surface area (Å²) < 4.78 is 4.79. The number of aromatic carboxylic acids is 1. The smallest absolute Gasteiger partial charge is 0.355 e. The molecule has 1 aromatic rings. The number of esters is 1. The number of rotatable bonds is 5. The molecule has 0 aliphatic rings. The largest absolute Gasteiger partial charge is 0.476 e. The van der Waals surface area contributed by atoms with Crippen LogP contribution in [-0.2, 0) is 14.3 Å². The predicted molar refractivity (Wildman–Crippen MR) is 63.5 cm³/mol. The molecule has 0 aromatic carbocycles. The lowest BCUT2D eigenvalue weighted by Gasteiger charge is -2.06. The fraction of sp³-hybridized carbons (Fsp3) is 0.400. The summed E-state index contributed by atoms with van der Waals surface area (Å²) in [6, 6.07) is 0. The summed E-state index contributed by atoms with van der Waals surface area (Å²) in [6.07, 6.45) is -0.719. The maximum Gasteiger partial charge on any atom is 0.355 e. The van der Waals surface area contributed by atoms with Crippen molar-refractivity contribution >= 4 is 34.3 Å². The maximum absolute atomic E-state index is 11.4. The lowest BCUT2D eigenvalue weighted by Crippen LogP contribution is -2.20. The molecule has 0 aliphatic carbocycles. The van der Waals surface area contributed by atoms with Crippen molar-refractivity contribution in [2.75, 3.05) is 5.32 Å². The Morgan fingerprint density at radius 3 is 2.67 bits per heavy atom. The summed E-state index contributed by atoms with van der Waals surface area (Å²) in [5, 5.41) is 12.4. The fourth-order valence-corrected chi connectivity index (χ4v) is 1.73. The fourth-order valence-electron chi connectivity index (χ4n) is 1.03. The van der Waals surface area contributed by atoms with Crippen LogP contribution >= 0.6 is 11.3 Å². The van der Waals surface area contributed by atoms with Gasteiger partial charge in [-0.1, -0.05) is 0 Å². The van der Waals surface area contributed by atoms with Gasteiger partial charge in [-0.25, -0.2) is 9.78 Å². The van der Waals surface area contributed by atoms with E-state index >= 15 is 0 Å². The summed E-state index contributed by atoms with van der Waals surface area (Å²) >= 11 is 0.971. The average Bonchev–Trinajstić information content (AvgIpc) is 2.63. The van der Waals surface area contributed by atoms with Crippen LogP contribution in [0.1, 0.15) is 30.8 Å². The Balaban J connectivity index is 2.49. The van der Waals surface area contributed by atoms with Crippen molar-refractivity contribution in [2.45, 2.75) is 26.4 Å². The Bertz CT molecular complexity index is 469. The van der Waals surface area contributed by atoms with Crippen LogP contribution in [0.15, 0.2) is 5.38 Å². The van der Waals surface area contributed by atoms with Crippen LogP contribution in [-0.4, -0.2) is 34.0 Å². The zero-order chi connectivity index (χ0) is 13.7. The van der Waals surface area contributed by atoms with Crippen LogP contribution in [0, 0.1) is 0 Å². The number of carbonyl (C=O) groups excluding carboxylic acids is 2. The van der Waals surface area contributed by atoms with Crippen molar-refractivity contribution in [1.29, 1.82) is 0 Å². The molecule has 2 N–H and O–H groups in total. The van der Waals surface area contributed by atoms with E-state index in [2.05, 4.69) is 10.3 Å². The number of anilines is 1. The molecule has 0 saturated heterocycles. The van der Waals surface area contributed by atoms with Gasteiger partial charge in [0.15, 0.2) is 10.8 Å². The molecule has 1 amide bonds. The minimum absolute atomic E-state index is 0.134. The lowest BCUT2D eigenvalue weighted by atomic mass is 10.4. The second-order valence-corrected chi connectivity index (χ2v) is 4.46. The molecule has 0 atom stereocenters. The van der Waals surface area contributed by atoms with Gasteiger partial charge in [-0.2, -0.15) is 0 Å². The lowest BCUT2D eigenvalue weighted by molar-refractivity contribution is -0.148. The number of amides is 1. The summed E-state index contributed by atoms with van der Waals surface area (Å²) in [7, 11) is 0. The van der Waals surface area contributed by atoms with Gasteiger partial charge in [-0.05, 0) is 13.8 Å². The minimum atomic E-state index is -1.18. The highest BCUT2D eigenvalue weighted by Gasteiger charge is 2.15. The Morgan fingerprint density at radius 1 is 1.50 bits per heavy atom. The summed E-state index contributed by atoms with van der Waals surface area (Å²) in [4.78, 5) is 36.8. The molecule has 1 heterocycles. The number of thiazole rings is 1. The van der Waals surface area contributed by atoms with E-state index < -0.39 is 24.3 Å². The van der Waals surface area contributed by atoms with Gasteiger partial charge in [0.05, 0.1) is 6.10 Å². The van der Waals surface area contributed by atoms with Gasteiger partial charge in [0.2, 0.25) is 5.91 Å². The van der Waals surface area contributed by atoms with Crippen molar-refractivity contribution in [3.05, 3.63) is 11.1 Å². The number of ether oxygens (including phenoxy) is 1. The third kappa shape index (κ3) is 4.50. The molecule has 1 aromatic heterocycles. The molecule has 0 aliphatic heterocycles. The molecule has 0 radical (unpaired) electrons. The van der Waals surface area contributed by atoms with Gasteiger partial charge >= 0.3 is 11.9 Å². The number of hydrogen-bond acceptors (Lipinski definition) is 6. The molecular formula is C10H12N2O5S. The first-order valence-electron chi connectivity index (χ1n) is 5.06. The average molecular weight is 272 g/mol. The third-order valence-electron chi connectivity index (χ3n) is 1.64. The number of hydrogen-bond donors (Lipinski definition) is 2.